The van der Waals surface area contributed by atoms with E-state index < -0.39 is 18.1 Å². The number of carbonyl (C=O) groups excluding carboxylic acids is 1. The van der Waals surface area contributed by atoms with Crippen LogP contribution in [0.2, 0.25) is 0 Å². The van der Waals surface area contributed by atoms with Gasteiger partial charge in [-0.3, -0.25) is 4.90 Å². The Hall–Kier alpha value is -2.08. The lowest BCUT2D eigenvalue weighted by Crippen LogP contribution is -2.48. The summed E-state index contributed by atoms with van der Waals surface area (Å²) < 4.78 is 0. The molecule has 2 N–H and O–H groups in total. The molecule has 1 aromatic rings. The number of benzene rings is 1. The molecule has 0 aromatic heterocycles. The van der Waals surface area contributed by atoms with Gasteiger partial charge in [0.2, 0.25) is 0 Å². The minimum absolute atomic E-state index is 0.0538. The van der Waals surface area contributed by atoms with Crippen molar-refractivity contribution in [1.82, 2.24) is 4.90 Å². The van der Waals surface area contributed by atoms with Crippen LogP contribution in [0.5, 0.6) is 0 Å². The molecule has 0 spiro atoms. The summed E-state index contributed by atoms with van der Waals surface area (Å²) in [5.41, 5.74) is 1.70. The van der Waals surface area contributed by atoms with E-state index in [0.29, 0.717) is 6.54 Å². The molecule has 1 fully saturated rings. The van der Waals surface area contributed by atoms with Gasteiger partial charge in [-0.05, 0) is 25.5 Å². The molecule has 1 aliphatic rings. The van der Waals surface area contributed by atoms with E-state index in [1.54, 1.807) is 4.90 Å². The average Bonchev–Trinajstić information content (AvgIpc) is 2.84. The Morgan fingerprint density at radius 2 is 2.05 bits per heavy atom. The van der Waals surface area contributed by atoms with Gasteiger partial charge >= 0.3 is 12.0 Å². The van der Waals surface area contributed by atoms with E-state index in [-0.39, 0.29) is 19.0 Å². The molecule has 21 heavy (non-hydrogen) atoms. The van der Waals surface area contributed by atoms with Crippen molar-refractivity contribution in [2.75, 3.05) is 18.0 Å². The van der Waals surface area contributed by atoms with Crippen LogP contribution in [-0.4, -0.2) is 52.3 Å². The number of para-hydroxylation sites is 1. The van der Waals surface area contributed by atoms with Gasteiger partial charge in [0.05, 0.1) is 6.10 Å². The van der Waals surface area contributed by atoms with Crippen molar-refractivity contribution < 1.29 is 19.8 Å². The summed E-state index contributed by atoms with van der Waals surface area (Å²) in [7, 11) is 0. The Morgan fingerprint density at radius 1 is 1.38 bits per heavy atom. The van der Waals surface area contributed by atoms with E-state index in [0.717, 1.165) is 11.3 Å². The maximum atomic E-state index is 12.7. The van der Waals surface area contributed by atoms with Crippen LogP contribution >= 0.6 is 0 Å². The van der Waals surface area contributed by atoms with Crippen molar-refractivity contribution in [2.24, 2.45) is 0 Å². The smallest absolute Gasteiger partial charge is 0.326 e. The highest BCUT2D eigenvalue weighted by molar-refractivity contribution is 5.95. The van der Waals surface area contributed by atoms with E-state index >= 15 is 0 Å². The van der Waals surface area contributed by atoms with Gasteiger partial charge in [0, 0.05) is 25.2 Å². The first-order valence-electron chi connectivity index (χ1n) is 7.00. The van der Waals surface area contributed by atoms with Crippen LogP contribution in [0.25, 0.3) is 0 Å². The highest BCUT2D eigenvalue weighted by atomic mass is 16.4. The number of hydrogen-bond acceptors (Lipinski definition) is 3. The number of β-amino-alcohol motifs (C(OH)–C–C–N with tert-alkyl or cyclic N) is 1. The Kier molecular flexibility index (Phi) is 4.47. The number of carboxylic acids is 1. The molecule has 0 unspecified atom stereocenters. The predicted octanol–water partition coefficient (Wildman–Crippen LogP) is 1.46. The molecule has 6 heteroatoms. The van der Waals surface area contributed by atoms with Gasteiger partial charge in [0.1, 0.15) is 6.04 Å². The van der Waals surface area contributed by atoms with E-state index in [4.69, 9.17) is 0 Å². The molecule has 0 radical (unpaired) electrons. The number of amides is 2. The lowest BCUT2D eigenvalue weighted by Gasteiger charge is -2.30. The third-order valence-electron chi connectivity index (χ3n) is 3.76. The Balaban J connectivity index is 2.28. The van der Waals surface area contributed by atoms with Crippen molar-refractivity contribution in [3.8, 4) is 0 Å². The number of aliphatic hydroxyl groups is 1. The largest absolute Gasteiger partial charge is 0.480 e. The fourth-order valence-electron chi connectivity index (χ4n) is 2.69. The number of aliphatic carboxylic acids is 1. The van der Waals surface area contributed by atoms with Gasteiger partial charge in [0.25, 0.3) is 0 Å². The standard InChI is InChI=1S/C15H20N2O4/c1-3-16(12-7-5-4-6-10(12)2)15(21)17-9-11(18)8-13(17)14(19)20/h4-7,11,13,18H,3,8-9H2,1-2H3,(H,19,20)/t11-,13-/m1/s1. The quantitative estimate of drug-likeness (QED) is 0.883. The fraction of sp³-hybridized carbons (Fsp3) is 0.467. The summed E-state index contributed by atoms with van der Waals surface area (Å²) in [6, 6.07) is 6.11. The third-order valence-corrected chi connectivity index (χ3v) is 3.76. The second-order valence-corrected chi connectivity index (χ2v) is 5.21. The van der Waals surface area contributed by atoms with E-state index in [9.17, 15) is 19.8 Å². The molecule has 2 amide bonds. The van der Waals surface area contributed by atoms with Crippen LogP contribution in [0.3, 0.4) is 0 Å². The zero-order chi connectivity index (χ0) is 15.6. The SMILES string of the molecule is CCN(C(=O)N1C[C@H](O)C[C@@H]1C(=O)O)c1ccccc1C. The molecule has 1 heterocycles. The van der Waals surface area contributed by atoms with E-state index in [2.05, 4.69) is 0 Å². The molecule has 0 saturated carbocycles. The van der Waals surface area contributed by atoms with Crippen molar-refractivity contribution in [2.45, 2.75) is 32.4 Å². The minimum atomic E-state index is -1.08. The second kappa shape index (κ2) is 6.13. The van der Waals surface area contributed by atoms with Crippen molar-refractivity contribution in [1.29, 1.82) is 0 Å². The first-order chi connectivity index (χ1) is 9.95. The third kappa shape index (κ3) is 3.00. The number of urea groups is 1. The first kappa shape index (κ1) is 15.3. The number of carbonyl (C=O) groups is 2. The molecule has 1 saturated heterocycles. The Bertz CT molecular complexity index is 546. The number of anilines is 1. The van der Waals surface area contributed by atoms with Crippen LogP contribution in [0.15, 0.2) is 24.3 Å². The summed E-state index contributed by atoms with van der Waals surface area (Å²) >= 11 is 0. The highest BCUT2D eigenvalue weighted by Gasteiger charge is 2.40. The predicted molar refractivity (Wildman–Crippen MR) is 78.3 cm³/mol. The van der Waals surface area contributed by atoms with Crippen LogP contribution < -0.4 is 4.90 Å². The van der Waals surface area contributed by atoms with Crippen LogP contribution in [0, 0.1) is 6.92 Å². The van der Waals surface area contributed by atoms with Crippen LogP contribution in [0.1, 0.15) is 18.9 Å². The number of hydrogen-bond donors (Lipinski definition) is 2. The van der Waals surface area contributed by atoms with Gasteiger partial charge < -0.3 is 15.1 Å². The number of aliphatic hydroxyl groups excluding tert-OH is 1. The van der Waals surface area contributed by atoms with Crippen LogP contribution in [-0.2, 0) is 4.79 Å². The monoisotopic (exact) mass is 292 g/mol. The number of carboxylic acid groups (broad SMARTS) is 1. The highest BCUT2D eigenvalue weighted by Crippen LogP contribution is 2.25. The van der Waals surface area contributed by atoms with Gasteiger partial charge in [-0.15, -0.1) is 0 Å². The van der Waals surface area contributed by atoms with Crippen molar-refractivity contribution in [3.63, 3.8) is 0 Å². The summed E-state index contributed by atoms with van der Waals surface area (Å²) in [5, 5.41) is 18.9. The topological polar surface area (TPSA) is 81.1 Å². The van der Waals surface area contributed by atoms with E-state index in [1.165, 1.54) is 4.90 Å². The lowest BCUT2D eigenvalue weighted by atomic mass is 10.2. The number of rotatable bonds is 3. The molecule has 6 nitrogen and oxygen atoms in total. The minimum Gasteiger partial charge on any atom is -0.480 e. The number of likely N-dealkylation sites (tertiary alicyclic amines) is 1. The summed E-state index contributed by atoms with van der Waals surface area (Å²) in [6.07, 6.45) is -0.711. The number of nitrogens with zero attached hydrogens (tertiary/aromatic N) is 2. The Morgan fingerprint density at radius 3 is 2.62 bits per heavy atom. The molecule has 1 aromatic carbocycles. The second-order valence-electron chi connectivity index (χ2n) is 5.21. The molecule has 0 bridgehead atoms. The van der Waals surface area contributed by atoms with Crippen molar-refractivity contribution >= 4 is 17.7 Å². The first-order valence-corrected chi connectivity index (χ1v) is 7.00. The van der Waals surface area contributed by atoms with E-state index in [1.807, 2.05) is 38.1 Å². The van der Waals surface area contributed by atoms with Gasteiger partial charge in [-0.1, -0.05) is 18.2 Å². The molecule has 2 rings (SSSR count). The maximum Gasteiger partial charge on any atom is 0.326 e. The van der Waals surface area contributed by atoms with Gasteiger partial charge in [-0.2, -0.15) is 0 Å². The average molecular weight is 292 g/mol. The molecular weight excluding hydrogens is 272 g/mol. The Labute approximate surface area is 123 Å². The maximum absolute atomic E-state index is 12.7. The molecule has 114 valence electrons. The number of aryl methyl sites for hydroxylation is 1. The molecular formula is C15H20N2O4. The normalized spacial score (nSPS) is 21.4. The van der Waals surface area contributed by atoms with Crippen LogP contribution in [0.4, 0.5) is 10.5 Å². The zero-order valence-electron chi connectivity index (χ0n) is 12.2. The molecule has 1 aliphatic heterocycles. The molecule has 2 atom stereocenters. The van der Waals surface area contributed by atoms with Gasteiger partial charge in [0.15, 0.2) is 0 Å². The summed E-state index contributed by atoms with van der Waals surface area (Å²) in [6.45, 7) is 4.23. The zero-order valence-corrected chi connectivity index (χ0v) is 12.2. The summed E-state index contributed by atoms with van der Waals surface area (Å²) in [5.74, 6) is -1.08. The fourth-order valence-corrected chi connectivity index (χ4v) is 2.69. The summed E-state index contributed by atoms with van der Waals surface area (Å²) in [4.78, 5) is 26.7. The van der Waals surface area contributed by atoms with Gasteiger partial charge in [-0.25, -0.2) is 9.59 Å². The lowest BCUT2D eigenvalue weighted by molar-refractivity contribution is -0.141. The molecule has 0 aliphatic carbocycles. The van der Waals surface area contributed by atoms with Crippen molar-refractivity contribution in [3.05, 3.63) is 29.8 Å².